The molecule has 0 spiro atoms. The Hall–Kier alpha value is -1.35. The summed E-state index contributed by atoms with van der Waals surface area (Å²) in [4.78, 5) is 13.1. The van der Waals surface area contributed by atoms with E-state index in [1.54, 1.807) is 6.92 Å². The lowest BCUT2D eigenvalue weighted by molar-refractivity contribution is -0.143. The number of hydrogen-bond donors (Lipinski definition) is 1. The summed E-state index contributed by atoms with van der Waals surface area (Å²) in [5.41, 5.74) is 2.33. The molecule has 1 rings (SSSR count). The van der Waals surface area contributed by atoms with Gasteiger partial charge in [-0.25, -0.2) is 0 Å². The molecule has 2 atom stereocenters. The number of aliphatic carboxylic acids is 1. The Balaban J connectivity index is 3.03. The summed E-state index contributed by atoms with van der Waals surface area (Å²) in [7, 11) is 3.83. The molecular weight excluding hydrogens is 226 g/mol. The van der Waals surface area contributed by atoms with E-state index in [2.05, 4.69) is 26.0 Å². The molecule has 0 aliphatic rings. The Morgan fingerprint density at radius 1 is 1.06 bits per heavy atom. The minimum absolute atomic E-state index is 0.0938. The molecule has 0 aliphatic heterocycles. The minimum Gasteiger partial charge on any atom is -0.481 e. The summed E-state index contributed by atoms with van der Waals surface area (Å²) in [6, 6.07) is 8.17. The van der Waals surface area contributed by atoms with Crippen LogP contribution in [0.15, 0.2) is 24.3 Å². The molecule has 1 aromatic carbocycles. The Morgan fingerprint density at radius 3 is 1.83 bits per heavy atom. The van der Waals surface area contributed by atoms with Crippen LogP contribution in [-0.4, -0.2) is 30.1 Å². The lowest BCUT2D eigenvalue weighted by Crippen LogP contribution is -2.30. The van der Waals surface area contributed by atoms with Crippen LogP contribution in [0.3, 0.4) is 0 Å². The first-order chi connectivity index (χ1) is 8.34. The van der Waals surface area contributed by atoms with E-state index < -0.39 is 11.9 Å². The lowest BCUT2D eigenvalue weighted by atomic mass is 9.91. The quantitative estimate of drug-likeness (QED) is 0.871. The van der Waals surface area contributed by atoms with E-state index >= 15 is 0 Å². The summed E-state index contributed by atoms with van der Waals surface area (Å²) in [6.45, 7) is 6.06. The molecule has 3 heteroatoms. The van der Waals surface area contributed by atoms with Crippen LogP contribution in [-0.2, 0) is 4.79 Å². The van der Waals surface area contributed by atoms with Crippen molar-refractivity contribution in [2.45, 2.75) is 32.7 Å². The molecule has 0 radical (unpaired) electrons. The van der Waals surface area contributed by atoms with Gasteiger partial charge in [-0.05, 0) is 31.1 Å². The van der Waals surface area contributed by atoms with E-state index in [-0.39, 0.29) is 6.04 Å². The van der Waals surface area contributed by atoms with Crippen molar-refractivity contribution in [3.63, 3.8) is 0 Å². The van der Waals surface area contributed by atoms with Gasteiger partial charge in [0, 0.05) is 6.04 Å². The number of hydrogen-bond acceptors (Lipinski definition) is 2. The van der Waals surface area contributed by atoms with Crippen molar-refractivity contribution in [1.29, 1.82) is 0 Å². The fourth-order valence-corrected chi connectivity index (χ4v) is 2.25. The first kappa shape index (κ1) is 14.7. The topological polar surface area (TPSA) is 40.5 Å². The molecule has 0 aliphatic carbocycles. The number of benzene rings is 1. The summed E-state index contributed by atoms with van der Waals surface area (Å²) in [5, 5.41) is 9.18. The van der Waals surface area contributed by atoms with E-state index in [1.165, 1.54) is 5.56 Å². The molecule has 0 saturated heterocycles. The highest BCUT2D eigenvalue weighted by Gasteiger charge is 2.26. The monoisotopic (exact) mass is 249 g/mol. The van der Waals surface area contributed by atoms with Gasteiger partial charge in [-0.2, -0.15) is 0 Å². The van der Waals surface area contributed by atoms with Crippen molar-refractivity contribution >= 4 is 5.97 Å². The van der Waals surface area contributed by atoms with Crippen molar-refractivity contribution in [1.82, 2.24) is 4.90 Å². The number of rotatable bonds is 5. The van der Waals surface area contributed by atoms with Gasteiger partial charge in [0.05, 0.1) is 5.92 Å². The third-order valence-electron chi connectivity index (χ3n) is 3.36. The van der Waals surface area contributed by atoms with Crippen LogP contribution in [0.2, 0.25) is 0 Å². The van der Waals surface area contributed by atoms with Gasteiger partial charge in [0.25, 0.3) is 0 Å². The number of carboxylic acids is 1. The predicted molar refractivity (Wildman–Crippen MR) is 73.8 cm³/mol. The second-order valence-electron chi connectivity index (χ2n) is 5.36. The van der Waals surface area contributed by atoms with Crippen LogP contribution in [0.4, 0.5) is 0 Å². The standard InChI is InChI=1S/C15H23NO2/c1-10(2)12-6-8-13(9-7-12)14(16(4)5)11(3)15(17)18/h6-11,14H,1-5H3,(H,17,18). The van der Waals surface area contributed by atoms with Crippen molar-refractivity contribution in [2.75, 3.05) is 14.1 Å². The zero-order chi connectivity index (χ0) is 13.9. The molecule has 0 fully saturated rings. The Kier molecular flexibility index (Phi) is 4.91. The fourth-order valence-electron chi connectivity index (χ4n) is 2.25. The molecule has 0 saturated carbocycles. The smallest absolute Gasteiger partial charge is 0.308 e. The maximum atomic E-state index is 11.2. The summed E-state index contributed by atoms with van der Waals surface area (Å²) in [5.74, 6) is -0.694. The maximum Gasteiger partial charge on any atom is 0.308 e. The van der Waals surface area contributed by atoms with Gasteiger partial charge in [0.15, 0.2) is 0 Å². The highest BCUT2D eigenvalue weighted by molar-refractivity contribution is 5.70. The molecule has 0 aromatic heterocycles. The second-order valence-corrected chi connectivity index (χ2v) is 5.36. The normalized spacial score (nSPS) is 14.8. The highest BCUT2D eigenvalue weighted by atomic mass is 16.4. The molecule has 100 valence electrons. The largest absolute Gasteiger partial charge is 0.481 e. The van der Waals surface area contributed by atoms with Crippen LogP contribution < -0.4 is 0 Å². The molecule has 0 bridgehead atoms. The van der Waals surface area contributed by atoms with Gasteiger partial charge in [0.2, 0.25) is 0 Å². The summed E-state index contributed by atoms with van der Waals surface area (Å²) < 4.78 is 0. The number of nitrogens with zero attached hydrogens (tertiary/aromatic N) is 1. The Bertz CT molecular complexity index is 395. The van der Waals surface area contributed by atoms with E-state index in [1.807, 2.05) is 31.1 Å². The van der Waals surface area contributed by atoms with Gasteiger partial charge < -0.3 is 10.0 Å². The molecule has 18 heavy (non-hydrogen) atoms. The molecule has 3 nitrogen and oxygen atoms in total. The fraction of sp³-hybridized carbons (Fsp3) is 0.533. The second kappa shape index (κ2) is 6.01. The summed E-state index contributed by atoms with van der Waals surface area (Å²) in [6.07, 6.45) is 0. The molecule has 1 aromatic rings. The lowest BCUT2D eigenvalue weighted by Gasteiger charge is -2.28. The number of carboxylic acid groups (broad SMARTS) is 1. The van der Waals surface area contributed by atoms with Gasteiger partial charge in [-0.1, -0.05) is 45.0 Å². The van der Waals surface area contributed by atoms with Crippen LogP contribution in [0.1, 0.15) is 43.9 Å². The first-order valence-corrected chi connectivity index (χ1v) is 6.33. The van der Waals surface area contributed by atoms with Gasteiger partial charge in [-0.3, -0.25) is 4.79 Å². The van der Waals surface area contributed by atoms with Crippen LogP contribution >= 0.6 is 0 Å². The summed E-state index contributed by atoms with van der Waals surface area (Å²) >= 11 is 0. The number of carbonyl (C=O) groups is 1. The van der Waals surface area contributed by atoms with Crippen molar-refractivity contribution < 1.29 is 9.90 Å². The van der Waals surface area contributed by atoms with Crippen molar-refractivity contribution in [2.24, 2.45) is 5.92 Å². The van der Waals surface area contributed by atoms with Crippen LogP contribution in [0.25, 0.3) is 0 Å². The molecule has 0 heterocycles. The van der Waals surface area contributed by atoms with Gasteiger partial charge >= 0.3 is 5.97 Å². The highest BCUT2D eigenvalue weighted by Crippen LogP contribution is 2.28. The van der Waals surface area contributed by atoms with Crippen LogP contribution in [0, 0.1) is 5.92 Å². The SMILES string of the molecule is CC(C)c1ccc(C(C(C)C(=O)O)N(C)C)cc1. The molecule has 0 amide bonds. The van der Waals surface area contributed by atoms with Crippen molar-refractivity contribution in [3.05, 3.63) is 35.4 Å². The Labute approximate surface area is 109 Å². The van der Waals surface area contributed by atoms with E-state index in [9.17, 15) is 9.90 Å². The van der Waals surface area contributed by atoms with Gasteiger partial charge in [-0.15, -0.1) is 0 Å². The Morgan fingerprint density at radius 2 is 1.50 bits per heavy atom. The van der Waals surface area contributed by atoms with Crippen molar-refractivity contribution in [3.8, 4) is 0 Å². The predicted octanol–water partition coefficient (Wildman–Crippen LogP) is 3.13. The first-order valence-electron chi connectivity index (χ1n) is 6.33. The minimum atomic E-state index is -0.762. The third kappa shape index (κ3) is 3.33. The van der Waals surface area contributed by atoms with Gasteiger partial charge in [0.1, 0.15) is 0 Å². The average Bonchev–Trinajstić information content (AvgIpc) is 2.29. The molecular formula is C15H23NO2. The van der Waals surface area contributed by atoms with Crippen LogP contribution in [0.5, 0.6) is 0 Å². The molecule has 2 unspecified atom stereocenters. The molecule has 1 N–H and O–H groups in total. The zero-order valence-electron chi connectivity index (χ0n) is 11.8. The maximum absolute atomic E-state index is 11.2. The van der Waals surface area contributed by atoms with E-state index in [4.69, 9.17) is 0 Å². The van der Waals surface area contributed by atoms with E-state index in [0.717, 1.165) is 5.56 Å². The average molecular weight is 249 g/mol. The third-order valence-corrected chi connectivity index (χ3v) is 3.36. The zero-order valence-corrected chi connectivity index (χ0v) is 11.8. The van der Waals surface area contributed by atoms with E-state index in [0.29, 0.717) is 5.92 Å².